The first-order valence-electron chi connectivity index (χ1n) is 5.00. The molecule has 4 nitrogen and oxygen atoms in total. The molecular weight excluding hydrogens is 222 g/mol. The molecular formula is C11H13N3OS. The fourth-order valence-corrected chi connectivity index (χ4v) is 2.03. The summed E-state index contributed by atoms with van der Waals surface area (Å²) >= 11 is 1.46. The topological polar surface area (TPSA) is 44.7 Å². The molecule has 5 heteroatoms. The smallest absolute Gasteiger partial charge is 0.272 e. The summed E-state index contributed by atoms with van der Waals surface area (Å²) < 4.78 is 0. The predicted molar refractivity (Wildman–Crippen MR) is 67.3 cm³/mol. The molecule has 0 radical (unpaired) electrons. The van der Waals surface area contributed by atoms with Gasteiger partial charge < -0.3 is 0 Å². The normalized spacial score (nSPS) is 19.9. The lowest BCUT2D eigenvalue weighted by atomic mass is 10.3. The molecule has 1 atom stereocenters. The number of anilines is 1. The summed E-state index contributed by atoms with van der Waals surface area (Å²) in [7, 11) is 0. The summed E-state index contributed by atoms with van der Waals surface area (Å²) in [6.45, 7) is 1.80. The van der Waals surface area contributed by atoms with E-state index in [1.807, 2.05) is 36.6 Å². The molecule has 2 rings (SSSR count). The van der Waals surface area contributed by atoms with Crippen molar-refractivity contribution in [1.29, 1.82) is 0 Å². The number of thioether (sulfide) groups is 1. The predicted octanol–water partition coefficient (Wildman–Crippen LogP) is 1.96. The van der Waals surface area contributed by atoms with Crippen molar-refractivity contribution in [1.82, 2.24) is 5.01 Å². The summed E-state index contributed by atoms with van der Waals surface area (Å²) in [5.41, 5.74) is 3.94. The highest BCUT2D eigenvalue weighted by Gasteiger charge is 2.31. The first-order chi connectivity index (χ1) is 7.72. The monoisotopic (exact) mass is 235 g/mol. The van der Waals surface area contributed by atoms with Crippen LogP contribution in [0.1, 0.15) is 6.92 Å². The average molecular weight is 235 g/mol. The van der Waals surface area contributed by atoms with E-state index < -0.39 is 0 Å². The van der Waals surface area contributed by atoms with Gasteiger partial charge in [-0.1, -0.05) is 30.0 Å². The number of nitrogens with zero attached hydrogens (tertiary/aromatic N) is 2. The highest BCUT2D eigenvalue weighted by atomic mass is 32.2. The van der Waals surface area contributed by atoms with Gasteiger partial charge in [0.25, 0.3) is 5.91 Å². The molecule has 1 aliphatic heterocycles. The van der Waals surface area contributed by atoms with Gasteiger partial charge in [-0.25, -0.2) is 4.99 Å². The molecule has 0 saturated carbocycles. The molecule has 1 aliphatic rings. The Bertz CT molecular complexity index is 418. The third kappa shape index (κ3) is 2.04. The highest BCUT2D eigenvalue weighted by Crippen LogP contribution is 2.19. The minimum absolute atomic E-state index is 0.0202. The van der Waals surface area contributed by atoms with E-state index in [1.165, 1.54) is 16.8 Å². The van der Waals surface area contributed by atoms with Crippen LogP contribution in [0.25, 0.3) is 0 Å². The lowest BCUT2D eigenvalue weighted by Crippen LogP contribution is -2.38. The van der Waals surface area contributed by atoms with Gasteiger partial charge in [-0.05, 0) is 25.3 Å². The number of amidine groups is 1. The van der Waals surface area contributed by atoms with Gasteiger partial charge in [-0.15, -0.1) is 0 Å². The van der Waals surface area contributed by atoms with E-state index >= 15 is 0 Å². The van der Waals surface area contributed by atoms with Crippen molar-refractivity contribution in [2.75, 3.05) is 11.7 Å². The molecule has 0 saturated heterocycles. The molecule has 84 valence electrons. The summed E-state index contributed by atoms with van der Waals surface area (Å²) in [5, 5.41) is 2.21. The highest BCUT2D eigenvalue weighted by molar-refractivity contribution is 8.13. The second kappa shape index (κ2) is 4.57. The van der Waals surface area contributed by atoms with Gasteiger partial charge in [0.1, 0.15) is 6.04 Å². The Morgan fingerprint density at radius 1 is 1.38 bits per heavy atom. The number of nitrogens with one attached hydrogen (secondary N) is 1. The third-order valence-corrected chi connectivity index (χ3v) is 2.92. The lowest BCUT2D eigenvalue weighted by Gasteiger charge is -2.19. The van der Waals surface area contributed by atoms with Gasteiger partial charge >= 0.3 is 0 Å². The molecule has 0 fully saturated rings. The van der Waals surface area contributed by atoms with Crippen molar-refractivity contribution in [3.8, 4) is 0 Å². The van der Waals surface area contributed by atoms with Gasteiger partial charge in [-0.3, -0.25) is 10.2 Å². The van der Waals surface area contributed by atoms with Crippen LogP contribution in [0.15, 0.2) is 35.3 Å². The van der Waals surface area contributed by atoms with E-state index in [4.69, 9.17) is 0 Å². The van der Waals surface area contributed by atoms with E-state index in [-0.39, 0.29) is 11.9 Å². The standard InChI is InChI=1S/C11H13N3OS/c1-8-10(15)14(11(12-8)16-2)13-9-6-4-3-5-7-9/h3-8,13H,1-2H3. The molecule has 1 amide bonds. The minimum Gasteiger partial charge on any atom is -0.289 e. The maximum atomic E-state index is 11.8. The Kier molecular flexibility index (Phi) is 3.14. The van der Waals surface area contributed by atoms with Crippen LogP contribution in [-0.2, 0) is 4.79 Å². The SMILES string of the molecule is CSC1=NC(C)C(=O)N1Nc1ccccc1. The van der Waals surface area contributed by atoms with Crippen LogP contribution >= 0.6 is 11.8 Å². The number of hydrogen-bond donors (Lipinski definition) is 1. The number of hydrogen-bond acceptors (Lipinski definition) is 4. The van der Waals surface area contributed by atoms with E-state index in [1.54, 1.807) is 6.92 Å². The van der Waals surface area contributed by atoms with Crippen LogP contribution in [0.2, 0.25) is 0 Å². The van der Waals surface area contributed by atoms with Gasteiger partial charge in [0.05, 0.1) is 5.69 Å². The van der Waals surface area contributed by atoms with E-state index in [0.29, 0.717) is 5.17 Å². The van der Waals surface area contributed by atoms with Gasteiger partial charge in [0, 0.05) is 0 Å². The van der Waals surface area contributed by atoms with Gasteiger partial charge in [0.2, 0.25) is 0 Å². The maximum Gasteiger partial charge on any atom is 0.272 e. The van der Waals surface area contributed by atoms with Crippen molar-refractivity contribution in [3.05, 3.63) is 30.3 Å². The number of aliphatic imine (C=N–C) groups is 1. The summed E-state index contributed by atoms with van der Waals surface area (Å²) in [4.78, 5) is 16.1. The Hall–Kier alpha value is -1.49. The number of hydrazine groups is 1. The Morgan fingerprint density at radius 2 is 2.06 bits per heavy atom. The van der Waals surface area contributed by atoms with Crippen molar-refractivity contribution in [2.45, 2.75) is 13.0 Å². The first-order valence-corrected chi connectivity index (χ1v) is 6.22. The number of amides is 1. The molecule has 1 heterocycles. The molecule has 16 heavy (non-hydrogen) atoms. The minimum atomic E-state index is -0.293. The largest absolute Gasteiger partial charge is 0.289 e. The molecule has 0 aromatic heterocycles. The van der Waals surface area contributed by atoms with Crippen molar-refractivity contribution in [2.24, 2.45) is 4.99 Å². The Morgan fingerprint density at radius 3 is 2.69 bits per heavy atom. The quantitative estimate of drug-likeness (QED) is 0.852. The number of carbonyl (C=O) groups is 1. The third-order valence-electron chi connectivity index (χ3n) is 2.27. The van der Waals surface area contributed by atoms with Crippen LogP contribution in [0.3, 0.4) is 0 Å². The Labute approximate surface area is 98.7 Å². The molecule has 0 spiro atoms. The molecule has 1 N–H and O–H groups in total. The van der Waals surface area contributed by atoms with Crippen LogP contribution in [0.4, 0.5) is 5.69 Å². The summed E-state index contributed by atoms with van der Waals surface area (Å²) in [6, 6.07) is 9.30. The fraction of sp³-hybridized carbons (Fsp3) is 0.273. The zero-order chi connectivity index (χ0) is 11.5. The average Bonchev–Trinajstić information content (AvgIpc) is 2.58. The second-order valence-corrected chi connectivity index (χ2v) is 4.22. The number of carbonyl (C=O) groups excluding carboxylic acids is 1. The zero-order valence-corrected chi connectivity index (χ0v) is 9.99. The van der Waals surface area contributed by atoms with Crippen LogP contribution in [-0.4, -0.2) is 28.4 Å². The summed E-state index contributed by atoms with van der Waals surface area (Å²) in [6.07, 6.45) is 1.91. The second-order valence-electron chi connectivity index (χ2n) is 3.44. The molecule has 0 bridgehead atoms. The molecule has 1 aromatic rings. The zero-order valence-electron chi connectivity index (χ0n) is 9.18. The number of para-hydroxylation sites is 1. The fourth-order valence-electron chi connectivity index (χ4n) is 1.45. The van der Waals surface area contributed by atoms with Crippen LogP contribution in [0.5, 0.6) is 0 Å². The molecule has 1 aromatic carbocycles. The molecule has 0 aliphatic carbocycles. The van der Waals surface area contributed by atoms with Gasteiger partial charge in [0.15, 0.2) is 5.17 Å². The summed E-state index contributed by atoms with van der Waals surface area (Å²) in [5.74, 6) is -0.0202. The van der Waals surface area contributed by atoms with Crippen LogP contribution in [0, 0.1) is 0 Å². The Balaban J connectivity index is 2.16. The van der Waals surface area contributed by atoms with Gasteiger partial charge in [-0.2, -0.15) is 5.01 Å². The van der Waals surface area contributed by atoms with Crippen LogP contribution < -0.4 is 5.43 Å². The van der Waals surface area contributed by atoms with Crippen molar-refractivity contribution in [3.63, 3.8) is 0 Å². The van der Waals surface area contributed by atoms with E-state index in [2.05, 4.69) is 10.4 Å². The van der Waals surface area contributed by atoms with Crippen molar-refractivity contribution < 1.29 is 4.79 Å². The number of rotatable bonds is 2. The van der Waals surface area contributed by atoms with E-state index in [9.17, 15) is 4.79 Å². The van der Waals surface area contributed by atoms with E-state index in [0.717, 1.165) is 5.69 Å². The number of benzene rings is 1. The van der Waals surface area contributed by atoms with Crippen molar-refractivity contribution >= 4 is 28.5 Å². The first kappa shape index (κ1) is 11.0. The maximum absolute atomic E-state index is 11.8. The molecule has 1 unspecified atom stereocenters. The lowest BCUT2D eigenvalue weighted by molar-refractivity contribution is -0.126.